The van der Waals surface area contributed by atoms with Gasteiger partial charge < -0.3 is 10.7 Å². The molecule has 0 unspecified atom stereocenters. The van der Waals surface area contributed by atoms with E-state index < -0.39 is 0 Å². The molecular weight excluding hydrogens is 162 g/mol. The molecule has 0 amide bonds. The smallest absolute Gasteiger partial charge is 0.0487 e. The maximum Gasteiger partial charge on any atom is 0.0487 e. The molecule has 0 atom stereocenters. The lowest BCUT2D eigenvalue weighted by atomic mass is 10.3. The summed E-state index contributed by atoms with van der Waals surface area (Å²) in [4.78, 5) is 7.33. The SMILES string of the molecule is NC=CCc1cc2cnccc2[nH]1. The number of rotatable bonds is 2. The lowest BCUT2D eigenvalue weighted by Gasteiger charge is -1.86. The first-order chi connectivity index (χ1) is 6.40. The molecule has 66 valence electrons. The number of hydrogen-bond acceptors (Lipinski definition) is 2. The molecule has 3 heteroatoms. The molecule has 0 bridgehead atoms. The minimum absolute atomic E-state index is 0.838. The van der Waals surface area contributed by atoms with Crippen molar-refractivity contribution >= 4 is 10.9 Å². The first-order valence-corrected chi connectivity index (χ1v) is 4.18. The fraction of sp³-hybridized carbons (Fsp3) is 0.100. The van der Waals surface area contributed by atoms with Crippen LogP contribution in [0.3, 0.4) is 0 Å². The maximum absolute atomic E-state index is 5.26. The molecule has 0 aliphatic heterocycles. The van der Waals surface area contributed by atoms with E-state index in [2.05, 4.69) is 16.0 Å². The minimum atomic E-state index is 0.838. The Kier molecular flexibility index (Phi) is 2.00. The summed E-state index contributed by atoms with van der Waals surface area (Å²) in [6.07, 6.45) is 7.94. The molecule has 2 aromatic rings. The van der Waals surface area contributed by atoms with Gasteiger partial charge in [0, 0.05) is 35.4 Å². The van der Waals surface area contributed by atoms with Crippen molar-refractivity contribution in [2.24, 2.45) is 5.73 Å². The van der Waals surface area contributed by atoms with Crippen LogP contribution in [0.2, 0.25) is 0 Å². The third kappa shape index (κ3) is 1.54. The largest absolute Gasteiger partial charge is 0.405 e. The Morgan fingerprint density at radius 2 is 2.46 bits per heavy atom. The van der Waals surface area contributed by atoms with Crippen LogP contribution in [0.25, 0.3) is 10.9 Å². The van der Waals surface area contributed by atoms with Crippen LogP contribution in [-0.4, -0.2) is 9.97 Å². The Balaban J connectivity index is 2.38. The van der Waals surface area contributed by atoms with Crippen molar-refractivity contribution in [2.45, 2.75) is 6.42 Å². The first-order valence-electron chi connectivity index (χ1n) is 4.18. The maximum atomic E-state index is 5.26. The highest BCUT2D eigenvalue weighted by molar-refractivity contribution is 5.79. The molecule has 2 heterocycles. The van der Waals surface area contributed by atoms with Crippen molar-refractivity contribution in [2.75, 3.05) is 0 Å². The molecular formula is C10H11N3. The molecule has 0 fully saturated rings. The standard InChI is InChI=1S/C10H11N3/c11-4-1-2-9-6-8-7-12-5-3-10(8)13-9/h1,3-7,13H,2,11H2. The summed E-state index contributed by atoms with van der Waals surface area (Å²) in [7, 11) is 0. The Morgan fingerprint density at radius 3 is 3.23 bits per heavy atom. The number of aromatic amines is 1. The zero-order chi connectivity index (χ0) is 9.10. The number of allylic oxidation sites excluding steroid dienone is 1. The van der Waals surface area contributed by atoms with E-state index in [1.165, 1.54) is 0 Å². The number of hydrogen-bond donors (Lipinski definition) is 2. The third-order valence-electron chi connectivity index (χ3n) is 1.95. The Hall–Kier alpha value is -1.77. The molecule has 3 nitrogen and oxygen atoms in total. The molecule has 2 aromatic heterocycles. The van der Waals surface area contributed by atoms with Gasteiger partial charge in [0.15, 0.2) is 0 Å². The fourth-order valence-electron chi connectivity index (χ4n) is 1.34. The van der Waals surface area contributed by atoms with E-state index in [0.29, 0.717) is 0 Å². The van der Waals surface area contributed by atoms with E-state index in [1.807, 2.05) is 18.3 Å². The van der Waals surface area contributed by atoms with Crippen LogP contribution in [-0.2, 0) is 6.42 Å². The Bertz CT molecular complexity index is 395. The Labute approximate surface area is 76.3 Å². The number of H-pyrrole nitrogens is 1. The van der Waals surface area contributed by atoms with Crippen LogP contribution in [0.4, 0.5) is 0 Å². The second-order valence-electron chi connectivity index (χ2n) is 2.89. The number of pyridine rings is 1. The average molecular weight is 173 g/mol. The number of nitrogens with one attached hydrogen (secondary N) is 1. The van der Waals surface area contributed by atoms with Crippen molar-refractivity contribution in [1.29, 1.82) is 0 Å². The lowest BCUT2D eigenvalue weighted by Crippen LogP contribution is -1.82. The second-order valence-corrected chi connectivity index (χ2v) is 2.89. The van der Waals surface area contributed by atoms with Crippen LogP contribution in [0.1, 0.15) is 5.69 Å². The molecule has 13 heavy (non-hydrogen) atoms. The minimum Gasteiger partial charge on any atom is -0.405 e. The monoisotopic (exact) mass is 173 g/mol. The van der Waals surface area contributed by atoms with Gasteiger partial charge in [-0.25, -0.2) is 0 Å². The van der Waals surface area contributed by atoms with Crippen molar-refractivity contribution < 1.29 is 0 Å². The van der Waals surface area contributed by atoms with Gasteiger partial charge in [-0.15, -0.1) is 0 Å². The molecule has 0 saturated heterocycles. The van der Waals surface area contributed by atoms with E-state index in [9.17, 15) is 0 Å². The molecule has 2 rings (SSSR count). The molecule has 0 aromatic carbocycles. The van der Waals surface area contributed by atoms with Crippen LogP contribution in [0, 0.1) is 0 Å². The first kappa shape index (κ1) is 7.86. The predicted molar refractivity (Wildman–Crippen MR) is 53.1 cm³/mol. The van der Waals surface area contributed by atoms with Crippen molar-refractivity contribution in [3.8, 4) is 0 Å². The van der Waals surface area contributed by atoms with Gasteiger partial charge in [-0.2, -0.15) is 0 Å². The van der Waals surface area contributed by atoms with Gasteiger partial charge in [-0.1, -0.05) is 6.08 Å². The van der Waals surface area contributed by atoms with Crippen molar-refractivity contribution in [3.63, 3.8) is 0 Å². The van der Waals surface area contributed by atoms with Crippen LogP contribution >= 0.6 is 0 Å². The molecule has 3 N–H and O–H groups in total. The highest BCUT2D eigenvalue weighted by Gasteiger charge is 1.97. The number of aromatic nitrogens is 2. The number of nitrogens with two attached hydrogens (primary N) is 1. The van der Waals surface area contributed by atoms with Crippen molar-refractivity contribution in [1.82, 2.24) is 9.97 Å². The van der Waals surface area contributed by atoms with Gasteiger partial charge in [-0.05, 0) is 18.3 Å². The van der Waals surface area contributed by atoms with Gasteiger partial charge in [0.25, 0.3) is 0 Å². The molecule has 0 radical (unpaired) electrons. The molecule has 0 aliphatic carbocycles. The summed E-state index contributed by atoms with van der Waals surface area (Å²) in [5.41, 5.74) is 7.54. The molecule has 0 saturated carbocycles. The van der Waals surface area contributed by atoms with Gasteiger partial charge >= 0.3 is 0 Å². The van der Waals surface area contributed by atoms with Gasteiger partial charge in [0.1, 0.15) is 0 Å². The second kappa shape index (κ2) is 3.31. The van der Waals surface area contributed by atoms with Gasteiger partial charge in [0.2, 0.25) is 0 Å². The summed E-state index contributed by atoms with van der Waals surface area (Å²) in [5.74, 6) is 0. The molecule has 0 aliphatic rings. The average Bonchev–Trinajstić information content (AvgIpc) is 2.57. The van der Waals surface area contributed by atoms with Crippen LogP contribution in [0.5, 0.6) is 0 Å². The summed E-state index contributed by atoms with van der Waals surface area (Å²) in [6.45, 7) is 0. The zero-order valence-corrected chi connectivity index (χ0v) is 7.20. The number of fused-ring (bicyclic) bond motifs is 1. The Morgan fingerprint density at radius 1 is 1.54 bits per heavy atom. The summed E-state index contributed by atoms with van der Waals surface area (Å²) in [6, 6.07) is 4.05. The van der Waals surface area contributed by atoms with Crippen molar-refractivity contribution in [3.05, 3.63) is 42.5 Å². The topological polar surface area (TPSA) is 54.7 Å². The quantitative estimate of drug-likeness (QED) is 0.724. The van der Waals surface area contributed by atoms with E-state index in [4.69, 9.17) is 5.73 Å². The van der Waals surface area contributed by atoms with Crippen LogP contribution in [0.15, 0.2) is 36.8 Å². The van der Waals surface area contributed by atoms with Crippen LogP contribution < -0.4 is 5.73 Å². The third-order valence-corrected chi connectivity index (χ3v) is 1.95. The summed E-state index contributed by atoms with van der Waals surface area (Å²) >= 11 is 0. The highest BCUT2D eigenvalue weighted by atomic mass is 14.7. The van der Waals surface area contributed by atoms with Gasteiger partial charge in [0.05, 0.1) is 0 Å². The van der Waals surface area contributed by atoms with E-state index >= 15 is 0 Å². The lowest BCUT2D eigenvalue weighted by molar-refractivity contribution is 1.16. The molecule has 0 spiro atoms. The highest BCUT2D eigenvalue weighted by Crippen LogP contribution is 2.13. The van der Waals surface area contributed by atoms with E-state index in [-0.39, 0.29) is 0 Å². The normalized spacial score (nSPS) is 11.4. The summed E-state index contributed by atoms with van der Waals surface area (Å²) in [5, 5.41) is 1.14. The van der Waals surface area contributed by atoms with E-state index in [1.54, 1.807) is 12.4 Å². The summed E-state index contributed by atoms with van der Waals surface area (Å²) < 4.78 is 0. The van der Waals surface area contributed by atoms with E-state index in [0.717, 1.165) is 23.0 Å². The fourth-order valence-corrected chi connectivity index (χ4v) is 1.34. The predicted octanol–water partition coefficient (Wildman–Crippen LogP) is 1.58. The number of nitrogens with zero attached hydrogens (tertiary/aromatic N) is 1. The zero-order valence-electron chi connectivity index (χ0n) is 7.20. The van der Waals surface area contributed by atoms with Gasteiger partial charge in [-0.3, -0.25) is 4.98 Å².